The maximum atomic E-state index is 12.0. The molecule has 5 amide bonds. The molecule has 2 atom stereocenters. The van der Waals surface area contributed by atoms with Crippen LogP contribution in [0.3, 0.4) is 0 Å². The fourth-order valence-corrected chi connectivity index (χ4v) is 2.13. The molecule has 0 bridgehead atoms. The summed E-state index contributed by atoms with van der Waals surface area (Å²) >= 11 is 0. The van der Waals surface area contributed by atoms with Gasteiger partial charge >= 0.3 is 23.8 Å². The standard InChI is InChI=1S/C14H21N3O6/c1-5-8(3)10(13(21)23-4)15-9(18)7-17-12(20)11(19)16(6-2)14(17)22/h8,10H,5-7H2,1-4H3,(H,15,18)/t8-,10-/m1/s1. The Morgan fingerprint density at radius 1 is 1.13 bits per heavy atom. The average Bonchev–Trinajstić information content (AvgIpc) is 2.74. The van der Waals surface area contributed by atoms with Gasteiger partial charge in [-0.1, -0.05) is 20.3 Å². The molecule has 1 saturated heterocycles. The number of hydrogen-bond donors (Lipinski definition) is 1. The van der Waals surface area contributed by atoms with Gasteiger partial charge in [0.05, 0.1) is 7.11 Å². The Morgan fingerprint density at radius 3 is 2.13 bits per heavy atom. The first-order valence-corrected chi connectivity index (χ1v) is 7.32. The van der Waals surface area contributed by atoms with E-state index in [0.717, 1.165) is 4.90 Å². The predicted molar refractivity (Wildman–Crippen MR) is 77.9 cm³/mol. The number of methoxy groups -OCH3 is 1. The van der Waals surface area contributed by atoms with E-state index in [0.29, 0.717) is 11.3 Å². The molecule has 9 heteroatoms. The number of hydrogen-bond acceptors (Lipinski definition) is 6. The molecular formula is C14H21N3O6. The number of likely N-dealkylation sites (N-methyl/N-ethyl adjacent to an activating group) is 1. The van der Waals surface area contributed by atoms with Gasteiger partial charge in [0.15, 0.2) is 0 Å². The number of esters is 1. The zero-order valence-electron chi connectivity index (χ0n) is 13.6. The minimum atomic E-state index is -1.05. The second-order valence-electron chi connectivity index (χ2n) is 5.18. The molecule has 0 saturated carbocycles. The summed E-state index contributed by atoms with van der Waals surface area (Å²) in [5, 5.41) is 2.44. The van der Waals surface area contributed by atoms with Gasteiger partial charge in [-0.05, 0) is 12.8 Å². The Balaban J connectivity index is 2.79. The second-order valence-corrected chi connectivity index (χ2v) is 5.18. The zero-order valence-corrected chi connectivity index (χ0v) is 13.6. The summed E-state index contributed by atoms with van der Waals surface area (Å²) in [6, 6.07) is -1.72. The fraction of sp³-hybridized carbons (Fsp3) is 0.643. The summed E-state index contributed by atoms with van der Waals surface area (Å²) in [6.07, 6.45) is 0.615. The first-order valence-electron chi connectivity index (χ1n) is 7.32. The lowest BCUT2D eigenvalue weighted by Crippen LogP contribution is -2.50. The fourth-order valence-electron chi connectivity index (χ4n) is 2.13. The van der Waals surface area contributed by atoms with Gasteiger partial charge in [0.2, 0.25) is 5.91 Å². The lowest BCUT2D eigenvalue weighted by Gasteiger charge is -2.22. The van der Waals surface area contributed by atoms with Crippen LogP contribution in [0.15, 0.2) is 0 Å². The third kappa shape index (κ3) is 3.85. The predicted octanol–water partition coefficient (Wildman–Crippen LogP) is -0.499. The number of carbonyl (C=O) groups excluding carboxylic acids is 5. The Bertz CT molecular complexity index is 533. The van der Waals surface area contributed by atoms with Crippen molar-refractivity contribution in [2.24, 2.45) is 5.92 Å². The van der Waals surface area contributed by atoms with Crippen LogP contribution >= 0.6 is 0 Å². The third-order valence-electron chi connectivity index (χ3n) is 3.74. The topological polar surface area (TPSA) is 113 Å². The van der Waals surface area contributed by atoms with Crippen LogP contribution in [0.5, 0.6) is 0 Å². The Hall–Kier alpha value is -2.45. The van der Waals surface area contributed by atoms with Crippen molar-refractivity contribution in [3.63, 3.8) is 0 Å². The SMILES string of the molecule is CC[C@@H](C)[C@@H](NC(=O)CN1C(=O)C(=O)N(CC)C1=O)C(=O)OC. The van der Waals surface area contributed by atoms with Gasteiger partial charge in [-0.15, -0.1) is 0 Å². The molecule has 1 heterocycles. The van der Waals surface area contributed by atoms with Gasteiger partial charge in [0, 0.05) is 6.54 Å². The van der Waals surface area contributed by atoms with E-state index >= 15 is 0 Å². The van der Waals surface area contributed by atoms with Crippen molar-refractivity contribution in [3.05, 3.63) is 0 Å². The molecule has 1 rings (SSSR count). The molecule has 1 N–H and O–H groups in total. The summed E-state index contributed by atoms with van der Waals surface area (Å²) in [5.41, 5.74) is 0. The van der Waals surface area contributed by atoms with Crippen molar-refractivity contribution in [3.8, 4) is 0 Å². The molecule has 0 unspecified atom stereocenters. The monoisotopic (exact) mass is 327 g/mol. The molecule has 9 nitrogen and oxygen atoms in total. The van der Waals surface area contributed by atoms with Crippen LogP contribution in [-0.4, -0.2) is 65.8 Å². The van der Waals surface area contributed by atoms with E-state index in [-0.39, 0.29) is 12.5 Å². The molecule has 23 heavy (non-hydrogen) atoms. The van der Waals surface area contributed by atoms with Gasteiger partial charge in [-0.3, -0.25) is 19.3 Å². The van der Waals surface area contributed by atoms with E-state index in [1.807, 2.05) is 6.92 Å². The summed E-state index contributed by atoms with van der Waals surface area (Å²) in [4.78, 5) is 60.3. The molecule has 0 aromatic rings. The molecule has 0 aromatic heterocycles. The van der Waals surface area contributed by atoms with Gasteiger partial charge in [-0.25, -0.2) is 14.5 Å². The number of urea groups is 1. The van der Waals surface area contributed by atoms with E-state index in [1.165, 1.54) is 7.11 Å². The molecule has 1 fully saturated rings. The minimum absolute atomic E-state index is 0.0409. The molecular weight excluding hydrogens is 306 g/mol. The summed E-state index contributed by atoms with van der Waals surface area (Å²) in [5.74, 6) is -3.53. The zero-order chi connectivity index (χ0) is 17.7. The Morgan fingerprint density at radius 2 is 1.70 bits per heavy atom. The van der Waals surface area contributed by atoms with Crippen LogP contribution < -0.4 is 5.32 Å². The van der Waals surface area contributed by atoms with Gasteiger partial charge < -0.3 is 10.1 Å². The maximum absolute atomic E-state index is 12.0. The number of carbonyl (C=O) groups is 5. The van der Waals surface area contributed by atoms with E-state index in [9.17, 15) is 24.0 Å². The highest BCUT2D eigenvalue weighted by molar-refractivity contribution is 6.45. The summed E-state index contributed by atoms with van der Waals surface area (Å²) in [6.45, 7) is 4.57. The quantitative estimate of drug-likeness (QED) is 0.383. The minimum Gasteiger partial charge on any atom is -0.467 e. The van der Waals surface area contributed by atoms with Crippen molar-refractivity contribution in [1.82, 2.24) is 15.1 Å². The largest absolute Gasteiger partial charge is 0.467 e. The van der Waals surface area contributed by atoms with Gasteiger partial charge in [0.25, 0.3) is 0 Å². The lowest BCUT2D eigenvalue weighted by molar-refractivity contribution is -0.147. The number of rotatable bonds is 7. The van der Waals surface area contributed by atoms with Crippen LogP contribution in [0.2, 0.25) is 0 Å². The van der Waals surface area contributed by atoms with Crippen LogP contribution in [0.4, 0.5) is 4.79 Å². The van der Waals surface area contributed by atoms with E-state index in [4.69, 9.17) is 0 Å². The average molecular weight is 327 g/mol. The number of nitrogens with one attached hydrogen (secondary N) is 1. The lowest BCUT2D eigenvalue weighted by atomic mass is 9.99. The molecule has 1 aliphatic rings. The van der Waals surface area contributed by atoms with Gasteiger partial charge in [-0.2, -0.15) is 0 Å². The number of imide groups is 2. The number of nitrogens with zero attached hydrogens (tertiary/aromatic N) is 2. The van der Waals surface area contributed by atoms with E-state index < -0.39 is 42.3 Å². The molecule has 128 valence electrons. The number of ether oxygens (including phenoxy) is 1. The van der Waals surface area contributed by atoms with Crippen LogP contribution in [0.1, 0.15) is 27.2 Å². The van der Waals surface area contributed by atoms with Crippen molar-refractivity contribution in [2.75, 3.05) is 20.2 Å². The Kier molecular flexibility index (Phi) is 6.23. The van der Waals surface area contributed by atoms with E-state index in [1.54, 1.807) is 13.8 Å². The first kappa shape index (κ1) is 18.6. The van der Waals surface area contributed by atoms with Crippen LogP contribution in [0.25, 0.3) is 0 Å². The van der Waals surface area contributed by atoms with Crippen molar-refractivity contribution in [2.45, 2.75) is 33.2 Å². The van der Waals surface area contributed by atoms with Crippen molar-refractivity contribution in [1.29, 1.82) is 0 Å². The highest BCUT2D eigenvalue weighted by Crippen LogP contribution is 2.12. The molecule has 0 radical (unpaired) electrons. The molecule has 1 aliphatic heterocycles. The highest BCUT2D eigenvalue weighted by atomic mass is 16.5. The molecule has 0 aromatic carbocycles. The van der Waals surface area contributed by atoms with Crippen LogP contribution in [0, 0.1) is 5.92 Å². The second kappa shape index (κ2) is 7.70. The first-order chi connectivity index (χ1) is 10.8. The highest BCUT2D eigenvalue weighted by Gasteiger charge is 2.44. The number of amides is 5. The molecule has 0 aliphatic carbocycles. The van der Waals surface area contributed by atoms with Crippen molar-refractivity contribution < 1.29 is 28.7 Å². The smallest absolute Gasteiger partial charge is 0.334 e. The van der Waals surface area contributed by atoms with Gasteiger partial charge in [0.1, 0.15) is 12.6 Å². The van der Waals surface area contributed by atoms with E-state index in [2.05, 4.69) is 10.1 Å². The normalized spacial score (nSPS) is 17.3. The Labute approximate surface area is 133 Å². The molecule has 0 spiro atoms. The van der Waals surface area contributed by atoms with Crippen molar-refractivity contribution >= 4 is 29.7 Å². The van der Waals surface area contributed by atoms with Crippen LogP contribution in [-0.2, 0) is 23.9 Å². The summed E-state index contributed by atoms with van der Waals surface area (Å²) < 4.78 is 4.64. The summed E-state index contributed by atoms with van der Waals surface area (Å²) in [7, 11) is 1.20. The third-order valence-corrected chi connectivity index (χ3v) is 3.74. The maximum Gasteiger partial charge on any atom is 0.334 e.